The van der Waals surface area contributed by atoms with E-state index >= 15 is 0 Å². The van der Waals surface area contributed by atoms with E-state index in [9.17, 15) is 31.9 Å². The van der Waals surface area contributed by atoms with Gasteiger partial charge in [0.15, 0.2) is 0 Å². The standard InChI is InChI=1S/C23H29BrF4N4O4/c1-12-8-15(18(25)21(34)29-12)20(33)30-14-2-3-32(11-14)19-16(22(35)31-4-6-36-7-5-31)9-13(24)10-17(19)23(26,27)28/h8,13-14,16-17,19H,2-7,9-11H2,1H3,(H,29,34)(H,30,33)/t13?,14-,16?,17?,19?/m1/s1. The van der Waals surface area contributed by atoms with Gasteiger partial charge in [0, 0.05) is 48.8 Å². The van der Waals surface area contributed by atoms with E-state index in [0.29, 0.717) is 38.4 Å². The number of carbonyl (C=O) groups is 2. The third-order valence-electron chi connectivity index (χ3n) is 7.23. The second-order valence-corrected chi connectivity index (χ2v) is 11.0. The third kappa shape index (κ3) is 5.77. The molecule has 4 rings (SSSR count). The zero-order chi connectivity index (χ0) is 26.2. The van der Waals surface area contributed by atoms with E-state index in [1.54, 1.807) is 9.80 Å². The fourth-order valence-corrected chi connectivity index (χ4v) is 6.39. The Balaban J connectivity index is 1.53. The molecule has 2 N–H and O–H groups in total. The van der Waals surface area contributed by atoms with Gasteiger partial charge in [0.1, 0.15) is 0 Å². The third-order valence-corrected chi connectivity index (χ3v) is 7.98. The van der Waals surface area contributed by atoms with Crippen molar-refractivity contribution >= 4 is 27.7 Å². The molecule has 8 nitrogen and oxygen atoms in total. The lowest BCUT2D eigenvalue weighted by Crippen LogP contribution is -2.59. The number of nitrogens with one attached hydrogen (secondary N) is 2. The molecular weight excluding hydrogens is 552 g/mol. The van der Waals surface area contributed by atoms with Crippen molar-refractivity contribution in [1.82, 2.24) is 20.1 Å². The van der Waals surface area contributed by atoms with Crippen LogP contribution in [0.3, 0.4) is 0 Å². The number of aromatic nitrogens is 1. The average molecular weight is 581 g/mol. The van der Waals surface area contributed by atoms with E-state index < -0.39 is 57.8 Å². The lowest BCUT2D eigenvalue weighted by molar-refractivity contribution is -0.205. The first-order valence-electron chi connectivity index (χ1n) is 12.0. The Kier molecular flexibility index (Phi) is 8.10. The van der Waals surface area contributed by atoms with Crippen LogP contribution >= 0.6 is 15.9 Å². The zero-order valence-electron chi connectivity index (χ0n) is 19.7. The molecule has 0 radical (unpaired) electrons. The molecule has 0 aromatic carbocycles. The van der Waals surface area contributed by atoms with Gasteiger partial charge in [-0.25, -0.2) is 4.39 Å². The van der Waals surface area contributed by atoms with Crippen molar-refractivity contribution in [3.05, 3.63) is 33.5 Å². The molecule has 1 aromatic rings. The first kappa shape index (κ1) is 27.1. The van der Waals surface area contributed by atoms with Gasteiger partial charge in [0.05, 0.1) is 30.6 Å². The van der Waals surface area contributed by atoms with Crippen molar-refractivity contribution in [3.8, 4) is 0 Å². The first-order valence-corrected chi connectivity index (χ1v) is 12.9. The van der Waals surface area contributed by atoms with Crippen molar-refractivity contribution in [3.63, 3.8) is 0 Å². The summed E-state index contributed by atoms with van der Waals surface area (Å²) >= 11 is 3.34. The summed E-state index contributed by atoms with van der Waals surface area (Å²) in [7, 11) is 0. The molecule has 36 heavy (non-hydrogen) atoms. The Morgan fingerprint density at radius 3 is 2.56 bits per heavy atom. The molecular formula is C23H29BrF4N4O4. The highest BCUT2D eigenvalue weighted by molar-refractivity contribution is 9.09. The summed E-state index contributed by atoms with van der Waals surface area (Å²) in [5, 5.41) is 2.65. The van der Waals surface area contributed by atoms with Crippen LogP contribution in [-0.4, -0.2) is 89.1 Å². The maximum absolute atomic E-state index is 14.2. The van der Waals surface area contributed by atoms with Gasteiger partial charge in [-0.1, -0.05) is 15.9 Å². The molecule has 13 heteroatoms. The number of halogens is 5. The maximum Gasteiger partial charge on any atom is 0.393 e. The Morgan fingerprint density at radius 2 is 1.89 bits per heavy atom. The molecule has 2 aliphatic heterocycles. The number of rotatable bonds is 4. The number of morpholine rings is 1. The normalized spacial score (nSPS) is 29.8. The Labute approximate surface area is 213 Å². The van der Waals surface area contributed by atoms with Crippen molar-refractivity contribution in [2.24, 2.45) is 11.8 Å². The van der Waals surface area contributed by atoms with Crippen LogP contribution in [0, 0.1) is 24.6 Å². The molecule has 3 heterocycles. The molecule has 200 valence electrons. The highest BCUT2D eigenvalue weighted by atomic mass is 79.9. The van der Waals surface area contributed by atoms with E-state index in [-0.39, 0.29) is 31.8 Å². The Morgan fingerprint density at radius 1 is 1.19 bits per heavy atom. The maximum atomic E-state index is 14.2. The number of ether oxygens (including phenoxy) is 1. The lowest BCUT2D eigenvalue weighted by Gasteiger charge is -2.46. The second kappa shape index (κ2) is 10.8. The number of likely N-dealkylation sites (tertiary alicyclic amines) is 1. The summed E-state index contributed by atoms with van der Waals surface area (Å²) in [5.74, 6) is -4.90. The molecule has 3 fully saturated rings. The average Bonchev–Trinajstić information content (AvgIpc) is 3.28. The van der Waals surface area contributed by atoms with Crippen LogP contribution < -0.4 is 10.9 Å². The predicted molar refractivity (Wildman–Crippen MR) is 125 cm³/mol. The minimum absolute atomic E-state index is 0.0899. The molecule has 5 atom stereocenters. The number of amides is 2. The first-order chi connectivity index (χ1) is 17.0. The summed E-state index contributed by atoms with van der Waals surface area (Å²) in [6.45, 7) is 3.22. The minimum Gasteiger partial charge on any atom is -0.378 e. The van der Waals surface area contributed by atoms with Gasteiger partial charge in [-0.05, 0) is 32.3 Å². The van der Waals surface area contributed by atoms with Crippen LogP contribution in [0.15, 0.2) is 10.9 Å². The number of nitrogens with zero attached hydrogens (tertiary/aromatic N) is 2. The summed E-state index contributed by atoms with van der Waals surface area (Å²) < 4.78 is 62.1. The highest BCUT2D eigenvalue weighted by Gasteiger charge is 2.55. The van der Waals surface area contributed by atoms with E-state index in [0.717, 1.165) is 0 Å². The van der Waals surface area contributed by atoms with Gasteiger partial charge in [0.2, 0.25) is 11.7 Å². The SMILES string of the molecule is Cc1cc(C(=O)N[C@@H]2CCN(C3C(C(=O)N4CCOCC4)CC(Br)CC3C(F)(F)F)C2)c(F)c(=O)[nH]1. The van der Waals surface area contributed by atoms with Crippen LogP contribution in [0.2, 0.25) is 0 Å². The number of carbonyl (C=O) groups excluding carboxylic acids is 2. The van der Waals surface area contributed by atoms with E-state index in [2.05, 4.69) is 26.2 Å². The van der Waals surface area contributed by atoms with Gasteiger partial charge >= 0.3 is 6.18 Å². The van der Waals surface area contributed by atoms with Crippen molar-refractivity contribution in [2.75, 3.05) is 39.4 Å². The quantitative estimate of drug-likeness (QED) is 0.420. The number of aromatic amines is 1. The van der Waals surface area contributed by atoms with Crippen molar-refractivity contribution in [2.45, 2.75) is 49.3 Å². The van der Waals surface area contributed by atoms with Gasteiger partial charge in [-0.15, -0.1) is 0 Å². The van der Waals surface area contributed by atoms with Gasteiger partial charge in [-0.3, -0.25) is 19.3 Å². The van der Waals surface area contributed by atoms with E-state index in [1.807, 2.05) is 0 Å². The van der Waals surface area contributed by atoms with Crippen LogP contribution in [0.5, 0.6) is 0 Å². The molecule has 1 aliphatic carbocycles. The lowest BCUT2D eigenvalue weighted by atomic mass is 9.74. The fourth-order valence-electron chi connectivity index (χ4n) is 5.58. The molecule has 0 bridgehead atoms. The zero-order valence-corrected chi connectivity index (χ0v) is 21.3. The topological polar surface area (TPSA) is 94.7 Å². The molecule has 4 unspecified atom stereocenters. The van der Waals surface area contributed by atoms with Gasteiger partial charge < -0.3 is 19.9 Å². The minimum atomic E-state index is -4.51. The number of hydrogen-bond acceptors (Lipinski definition) is 5. The Hall–Kier alpha value is -1.99. The van der Waals surface area contributed by atoms with Crippen molar-refractivity contribution in [1.29, 1.82) is 0 Å². The summed E-state index contributed by atoms with van der Waals surface area (Å²) in [5.41, 5.74) is -1.12. The van der Waals surface area contributed by atoms with Crippen LogP contribution in [-0.2, 0) is 9.53 Å². The largest absolute Gasteiger partial charge is 0.393 e. The number of alkyl halides is 4. The molecule has 0 spiro atoms. The molecule has 2 saturated heterocycles. The number of H-pyrrole nitrogens is 1. The van der Waals surface area contributed by atoms with E-state index in [1.165, 1.54) is 13.0 Å². The smallest absolute Gasteiger partial charge is 0.378 e. The summed E-state index contributed by atoms with van der Waals surface area (Å²) in [6.07, 6.45) is -4.04. The molecule has 2 amide bonds. The number of pyridine rings is 1. The van der Waals surface area contributed by atoms with Crippen molar-refractivity contribution < 1.29 is 31.9 Å². The van der Waals surface area contributed by atoms with Gasteiger partial charge in [0.25, 0.3) is 11.5 Å². The second-order valence-electron chi connectivity index (χ2n) is 9.71. The van der Waals surface area contributed by atoms with E-state index in [4.69, 9.17) is 4.74 Å². The Bertz CT molecular complexity index is 1050. The molecule has 3 aliphatic rings. The summed E-state index contributed by atoms with van der Waals surface area (Å²) in [4.78, 5) is 42.8. The number of hydrogen-bond donors (Lipinski definition) is 2. The monoisotopic (exact) mass is 580 g/mol. The summed E-state index contributed by atoms with van der Waals surface area (Å²) in [6, 6.07) is -0.409. The van der Waals surface area contributed by atoms with Crippen LogP contribution in [0.25, 0.3) is 0 Å². The predicted octanol–water partition coefficient (Wildman–Crippen LogP) is 2.21. The van der Waals surface area contributed by atoms with Crippen LogP contribution in [0.4, 0.5) is 17.6 Å². The van der Waals surface area contributed by atoms with Gasteiger partial charge in [-0.2, -0.15) is 13.2 Å². The molecule has 1 aromatic heterocycles. The molecule has 1 saturated carbocycles. The highest BCUT2D eigenvalue weighted by Crippen LogP contribution is 2.46. The van der Waals surface area contributed by atoms with Crippen LogP contribution in [0.1, 0.15) is 35.3 Å². The number of aryl methyl sites for hydroxylation is 1. The fraction of sp³-hybridized carbons (Fsp3) is 0.696.